The molecule has 0 saturated carbocycles. The van der Waals surface area contributed by atoms with Gasteiger partial charge in [0.25, 0.3) is 5.91 Å². The molecule has 0 saturated heterocycles. The van der Waals surface area contributed by atoms with Crippen LogP contribution in [0, 0.1) is 5.82 Å². The molecule has 0 unspecified atom stereocenters. The highest BCUT2D eigenvalue weighted by Crippen LogP contribution is 2.41. The van der Waals surface area contributed by atoms with Gasteiger partial charge in [-0.1, -0.05) is 0 Å². The van der Waals surface area contributed by atoms with E-state index in [0.29, 0.717) is 51.8 Å². The molecule has 196 valence electrons. The molecule has 2 heterocycles. The van der Waals surface area contributed by atoms with Crippen molar-refractivity contribution in [3.05, 3.63) is 77.6 Å². The van der Waals surface area contributed by atoms with Gasteiger partial charge in [0.05, 0.1) is 17.0 Å². The van der Waals surface area contributed by atoms with Crippen LogP contribution in [0.5, 0.6) is 11.5 Å². The standard InChI is InChI=1S/C29H29FN4O4/c1-18(35)34(14-4-13-33(2)3)22-9-7-21(8-10-22)31-28(19-5-12-25-26(15-19)38-17-37-25)27-23-11-6-20(30)16-24(23)32-29(27)36/h5-12,15-16,31H,4,13-14,17H2,1-3H3,(H,32,36). The third-order valence-electron chi connectivity index (χ3n) is 6.45. The minimum absolute atomic E-state index is 0.0286. The summed E-state index contributed by atoms with van der Waals surface area (Å²) in [7, 11) is 4.01. The Morgan fingerprint density at radius 2 is 1.76 bits per heavy atom. The molecule has 38 heavy (non-hydrogen) atoms. The molecule has 2 amide bonds. The van der Waals surface area contributed by atoms with Crippen LogP contribution in [0.3, 0.4) is 0 Å². The molecular weight excluding hydrogens is 487 g/mol. The first kappa shape index (κ1) is 25.3. The summed E-state index contributed by atoms with van der Waals surface area (Å²) in [5.41, 5.74) is 4.14. The monoisotopic (exact) mass is 516 g/mol. The van der Waals surface area contributed by atoms with Crippen molar-refractivity contribution in [2.24, 2.45) is 0 Å². The normalized spacial score (nSPS) is 14.8. The van der Waals surface area contributed by atoms with Gasteiger partial charge in [-0.15, -0.1) is 0 Å². The minimum Gasteiger partial charge on any atom is -0.454 e. The summed E-state index contributed by atoms with van der Waals surface area (Å²) in [6, 6.07) is 17.1. The lowest BCUT2D eigenvalue weighted by Gasteiger charge is -2.23. The Balaban J connectivity index is 1.50. The van der Waals surface area contributed by atoms with Crippen LogP contribution in [0.2, 0.25) is 0 Å². The average molecular weight is 517 g/mol. The number of hydrogen-bond donors (Lipinski definition) is 2. The molecule has 3 aromatic carbocycles. The Labute approximate surface area is 220 Å². The number of anilines is 3. The predicted molar refractivity (Wildman–Crippen MR) is 146 cm³/mol. The molecule has 0 aliphatic carbocycles. The summed E-state index contributed by atoms with van der Waals surface area (Å²) < 4.78 is 24.9. The summed E-state index contributed by atoms with van der Waals surface area (Å²) in [6.07, 6.45) is 0.849. The lowest BCUT2D eigenvalue weighted by molar-refractivity contribution is -0.116. The molecule has 2 aliphatic heterocycles. The number of rotatable bonds is 8. The zero-order valence-electron chi connectivity index (χ0n) is 21.5. The largest absolute Gasteiger partial charge is 0.454 e. The number of fused-ring (bicyclic) bond motifs is 2. The van der Waals surface area contributed by atoms with Gasteiger partial charge in [0.2, 0.25) is 12.7 Å². The van der Waals surface area contributed by atoms with Gasteiger partial charge in [-0.3, -0.25) is 9.59 Å². The first-order valence-electron chi connectivity index (χ1n) is 12.4. The second-order valence-electron chi connectivity index (χ2n) is 9.46. The molecule has 2 N–H and O–H groups in total. The van der Waals surface area contributed by atoms with E-state index in [-0.39, 0.29) is 18.6 Å². The van der Waals surface area contributed by atoms with E-state index in [1.54, 1.807) is 24.0 Å². The van der Waals surface area contributed by atoms with E-state index < -0.39 is 5.82 Å². The molecule has 5 rings (SSSR count). The van der Waals surface area contributed by atoms with Crippen molar-refractivity contribution < 1.29 is 23.5 Å². The minimum atomic E-state index is -0.431. The Morgan fingerprint density at radius 1 is 1.00 bits per heavy atom. The van der Waals surface area contributed by atoms with Gasteiger partial charge in [0.15, 0.2) is 11.5 Å². The molecule has 3 aromatic rings. The van der Waals surface area contributed by atoms with Crippen molar-refractivity contribution in [1.82, 2.24) is 4.90 Å². The molecule has 0 atom stereocenters. The van der Waals surface area contributed by atoms with Gasteiger partial charge in [-0.25, -0.2) is 4.39 Å². The van der Waals surface area contributed by atoms with Gasteiger partial charge >= 0.3 is 0 Å². The van der Waals surface area contributed by atoms with Crippen LogP contribution >= 0.6 is 0 Å². The highest BCUT2D eigenvalue weighted by atomic mass is 19.1. The van der Waals surface area contributed by atoms with Crippen molar-refractivity contribution in [2.45, 2.75) is 13.3 Å². The maximum Gasteiger partial charge on any atom is 0.258 e. The van der Waals surface area contributed by atoms with Gasteiger partial charge in [0.1, 0.15) is 5.82 Å². The van der Waals surface area contributed by atoms with Crippen LogP contribution in [0.15, 0.2) is 60.7 Å². The van der Waals surface area contributed by atoms with E-state index in [0.717, 1.165) is 18.7 Å². The zero-order valence-corrected chi connectivity index (χ0v) is 21.5. The Hall–Kier alpha value is -4.37. The van der Waals surface area contributed by atoms with Crippen molar-refractivity contribution in [3.63, 3.8) is 0 Å². The highest BCUT2D eigenvalue weighted by Gasteiger charge is 2.29. The molecular formula is C29H29FN4O4. The van der Waals surface area contributed by atoms with E-state index in [1.165, 1.54) is 12.1 Å². The number of ether oxygens (including phenoxy) is 2. The Bertz CT molecular complexity index is 1420. The quantitative estimate of drug-likeness (QED) is 0.419. The zero-order chi connectivity index (χ0) is 26.8. The van der Waals surface area contributed by atoms with E-state index >= 15 is 0 Å². The molecule has 0 spiro atoms. The number of benzene rings is 3. The number of carbonyl (C=O) groups is 2. The van der Waals surface area contributed by atoms with Crippen molar-refractivity contribution in [1.29, 1.82) is 0 Å². The number of nitrogens with one attached hydrogen (secondary N) is 2. The fraction of sp³-hybridized carbons (Fsp3) is 0.241. The molecule has 9 heteroatoms. The summed E-state index contributed by atoms with van der Waals surface area (Å²) in [5.74, 6) is 0.397. The van der Waals surface area contributed by atoms with Crippen molar-refractivity contribution in [2.75, 3.05) is 49.5 Å². The summed E-state index contributed by atoms with van der Waals surface area (Å²) in [5, 5.41) is 6.15. The summed E-state index contributed by atoms with van der Waals surface area (Å²) in [6.45, 7) is 3.18. The first-order chi connectivity index (χ1) is 18.3. The van der Waals surface area contributed by atoms with Crippen LogP contribution in [-0.4, -0.2) is 50.7 Å². The molecule has 8 nitrogen and oxygen atoms in total. The topological polar surface area (TPSA) is 83.1 Å². The van der Waals surface area contributed by atoms with E-state index in [9.17, 15) is 14.0 Å². The molecule has 0 radical (unpaired) electrons. The van der Waals surface area contributed by atoms with Crippen LogP contribution in [0.1, 0.15) is 24.5 Å². The second-order valence-corrected chi connectivity index (χ2v) is 9.46. The van der Waals surface area contributed by atoms with E-state index in [2.05, 4.69) is 15.5 Å². The van der Waals surface area contributed by atoms with Gasteiger partial charge in [0, 0.05) is 36.0 Å². The molecule has 2 aliphatic rings. The van der Waals surface area contributed by atoms with Crippen LogP contribution < -0.4 is 25.0 Å². The lowest BCUT2D eigenvalue weighted by Crippen LogP contribution is -2.31. The molecule has 0 fully saturated rings. The molecule has 0 aromatic heterocycles. The number of nitrogens with zero attached hydrogens (tertiary/aromatic N) is 2. The van der Waals surface area contributed by atoms with Crippen LogP contribution in [-0.2, 0) is 9.59 Å². The third-order valence-corrected chi connectivity index (χ3v) is 6.45. The summed E-state index contributed by atoms with van der Waals surface area (Å²) >= 11 is 0. The Morgan fingerprint density at radius 3 is 2.50 bits per heavy atom. The number of halogens is 1. The van der Waals surface area contributed by atoms with Crippen molar-refractivity contribution >= 4 is 40.1 Å². The lowest BCUT2D eigenvalue weighted by atomic mass is 9.99. The van der Waals surface area contributed by atoms with Crippen LogP contribution in [0.4, 0.5) is 21.5 Å². The van der Waals surface area contributed by atoms with Gasteiger partial charge < -0.3 is 29.9 Å². The number of carbonyl (C=O) groups excluding carboxylic acids is 2. The van der Waals surface area contributed by atoms with E-state index in [4.69, 9.17) is 9.47 Å². The first-order valence-corrected chi connectivity index (χ1v) is 12.4. The average Bonchev–Trinajstić information content (AvgIpc) is 3.48. The van der Waals surface area contributed by atoms with Gasteiger partial charge in [-0.05, 0) is 87.7 Å². The fourth-order valence-corrected chi connectivity index (χ4v) is 4.61. The SMILES string of the molecule is CC(=O)N(CCCN(C)C)c1ccc(NC(=C2C(=O)Nc3cc(F)ccc32)c2ccc3c(c2)OCO3)cc1. The smallest absolute Gasteiger partial charge is 0.258 e. The van der Waals surface area contributed by atoms with Crippen molar-refractivity contribution in [3.8, 4) is 11.5 Å². The number of amides is 2. The number of hydrogen-bond acceptors (Lipinski definition) is 6. The molecule has 0 bridgehead atoms. The van der Waals surface area contributed by atoms with Gasteiger partial charge in [-0.2, -0.15) is 0 Å². The maximum atomic E-state index is 13.9. The Kier molecular flexibility index (Phi) is 7.02. The second kappa shape index (κ2) is 10.5. The maximum absolute atomic E-state index is 13.9. The van der Waals surface area contributed by atoms with E-state index in [1.807, 2.05) is 50.5 Å². The highest BCUT2D eigenvalue weighted by molar-refractivity contribution is 6.37. The summed E-state index contributed by atoms with van der Waals surface area (Å²) in [4.78, 5) is 29.3. The van der Waals surface area contributed by atoms with Crippen LogP contribution in [0.25, 0.3) is 11.3 Å². The third kappa shape index (κ3) is 5.19. The predicted octanol–water partition coefficient (Wildman–Crippen LogP) is 4.79. The fourth-order valence-electron chi connectivity index (χ4n) is 4.61.